The van der Waals surface area contributed by atoms with Crippen LogP contribution in [-0.4, -0.2) is 20.9 Å². The van der Waals surface area contributed by atoms with E-state index in [4.69, 9.17) is 14.3 Å². The Bertz CT molecular complexity index is 1230. The molecule has 1 aromatic heterocycles. The first-order chi connectivity index (χ1) is 14.8. The summed E-state index contributed by atoms with van der Waals surface area (Å²) in [5.74, 6) is 0.0599. The average Bonchev–Trinajstić information content (AvgIpc) is 2.73. The number of hydrogen-bond acceptors (Lipinski definition) is 6. The van der Waals surface area contributed by atoms with Crippen LogP contribution in [0.1, 0.15) is 30.9 Å². The van der Waals surface area contributed by atoms with Crippen molar-refractivity contribution in [2.24, 2.45) is 5.14 Å². The quantitative estimate of drug-likeness (QED) is 0.488. The van der Waals surface area contributed by atoms with E-state index in [2.05, 4.69) is 12.2 Å². The molecule has 0 saturated heterocycles. The number of unbranched alkanes of at least 4 members (excludes halogenated alkanes) is 1. The Morgan fingerprint density at radius 2 is 1.87 bits per heavy atom. The summed E-state index contributed by atoms with van der Waals surface area (Å²) in [5.41, 5.74) is 1.66. The first kappa shape index (κ1) is 22.5. The van der Waals surface area contributed by atoms with Crippen molar-refractivity contribution in [2.75, 3.05) is 6.61 Å². The maximum atomic E-state index is 12.1. The van der Waals surface area contributed by atoms with Crippen LogP contribution in [0, 0.1) is 0 Å². The molecule has 2 aromatic carbocycles. The average molecular weight is 445 g/mol. The Morgan fingerprint density at radius 1 is 1.13 bits per heavy atom. The second-order valence-electron chi connectivity index (χ2n) is 7.11. The maximum Gasteiger partial charge on any atom is 0.336 e. The van der Waals surface area contributed by atoms with E-state index in [1.807, 2.05) is 6.07 Å². The highest BCUT2D eigenvalue weighted by molar-refractivity contribution is 7.89. The number of benzene rings is 2. The minimum Gasteiger partial charge on any atom is -0.484 e. The Morgan fingerprint density at radius 3 is 2.55 bits per heavy atom. The van der Waals surface area contributed by atoms with Crippen molar-refractivity contribution in [2.45, 2.75) is 37.6 Å². The van der Waals surface area contributed by atoms with Crippen LogP contribution in [0.3, 0.4) is 0 Å². The first-order valence-corrected chi connectivity index (χ1v) is 11.4. The van der Waals surface area contributed by atoms with Gasteiger partial charge in [-0.2, -0.15) is 0 Å². The molecular weight excluding hydrogens is 420 g/mol. The summed E-state index contributed by atoms with van der Waals surface area (Å²) < 4.78 is 33.3. The van der Waals surface area contributed by atoms with Gasteiger partial charge in [-0.25, -0.2) is 18.4 Å². The van der Waals surface area contributed by atoms with Crippen LogP contribution in [-0.2, 0) is 27.8 Å². The lowest BCUT2D eigenvalue weighted by Gasteiger charge is -2.10. The number of amides is 1. The van der Waals surface area contributed by atoms with Gasteiger partial charge in [0.05, 0.1) is 4.90 Å². The van der Waals surface area contributed by atoms with Gasteiger partial charge in [-0.05, 0) is 48.2 Å². The van der Waals surface area contributed by atoms with E-state index in [9.17, 15) is 18.0 Å². The molecule has 0 bridgehead atoms. The van der Waals surface area contributed by atoms with Crippen molar-refractivity contribution in [3.05, 3.63) is 70.1 Å². The van der Waals surface area contributed by atoms with Crippen molar-refractivity contribution in [1.29, 1.82) is 0 Å². The van der Waals surface area contributed by atoms with Crippen molar-refractivity contribution in [1.82, 2.24) is 5.32 Å². The normalized spacial score (nSPS) is 11.4. The standard InChI is InChI=1S/C22H24N2O6S/c1-2-3-4-16-11-22(26)30-20-12-17(7-10-19(16)20)29-14-21(25)24-13-15-5-8-18(9-6-15)31(23,27)28/h5-12H,2-4,13-14H2,1H3,(H,24,25)(H2,23,27,28). The molecule has 1 amide bonds. The second-order valence-corrected chi connectivity index (χ2v) is 8.67. The zero-order chi connectivity index (χ0) is 22.4. The molecule has 8 nitrogen and oxygen atoms in total. The highest BCUT2D eigenvalue weighted by Crippen LogP contribution is 2.23. The Balaban J connectivity index is 1.59. The van der Waals surface area contributed by atoms with Gasteiger partial charge in [0.1, 0.15) is 11.3 Å². The topological polar surface area (TPSA) is 129 Å². The van der Waals surface area contributed by atoms with Crippen molar-refractivity contribution < 1.29 is 22.4 Å². The lowest BCUT2D eigenvalue weighted by atomic mass is 10.0. The Kier molecular flexibility index (Phi) is 7.09. The number of carbonyl (C=O) groups excluding carboxylic acids is 1. The predicted molar refractivity (Wildman–Crippen MR) is 116 cm³/mol. The minimum atomic E-state index is -3.75. The van der Waals surface area contributed by atoms with Crippen LogP contribution in [0.4, 0.5) is 0 Å². The summed E-state index contributed by atoms with van der Waals surface area (Å²) >= 11 is 0. The molecule has 0 aliphatic heterocycles. The summed E-state index contributed by atoms with van der Waals surface area (Å²) in [5, 5.41) is 8.60. The molecule has 31 heavy (non-hydrogen) atoms. The fourth-order valence-electron chi connectivity index (χ4n) is 3.07. The minimum absolute atomic E-state index is 0.00622. The van der Waals surface area contributed by atoms with Gasteiger partial charge in [-0.1, -0.05) is 25.5 Å². The van der Waals surface area contributed by atoms with Gasteiger partial charge in [-0.15, -0.1) is 0 Å². The highest BCUT2D eigenvalue weighted by atomic mass is 32.2. The van der Waals surface area contributed by atoms with Crippen LogP contribution >= 0.6 is 0 Å². The highest BCUT2D eigenvalue weighted by Gasteiger charge is 2.10. The zero-order valence-corrected chi connectivity index (χ0v) is 17.9. The van der Waals surface area contributed by atoms with E-state index in [0.29, 0.717) is 16.9 Å². The van der Waals surface area contributed by atoms with Crippen molar-refractivity contribution in [3.63, 3.8) is 0 Å². The number of hydrogen-bond donors (Lipinski definition) is 2. The van der Waals surface area contributed by atoms with Gasteiger partial charge >= 0.3 is 5.63 Å². The maximum absolute atomic E-state index is 12.1. The van der Waals surface area contributed by atoms with E-state index in [1.54, 1.807) is 24.3 Å². The summed E-state index contributed by atoms with van der Waals surface area (Å²) in [6.07, 6.45) is 2.79. The van der Waals surface area contributed by atoms with Crippen LogP contribution < -0.4 is 20.8 Å². The molecule has 3 aromatic rings. The molecule has 0 unspecified atom stereocenters. The second kappa shape index (κ2) is 9.76. The van der Waals surface area contributed by atoms with Crippen LogP contribution in [0.2, 0.25) is 0 Å². The van der Waals surface area contributed by atoms with Gasteiger partial charge in [0.2, 0.25) is 10.0 Å². The fraction of sp³-hybridized carbons (Fsp3) is 0.273. The fourth-order valence-corrected chi connectivity index (χ4v) is 3.59. The lowest BCUT2D eigenvalue weighted by molar-refractivity contribution is -0.123. The number of aryl methyl sites for hydroxylation is 1. The first-order valence-electron chi connectivity index (χ1n) is 9.84. The molecule has 0 spiro atoms. The van der Waals surface area contributed by atoms with Gasteiger partial charge < -0.3 is 14.5 Å². The number of primary sulfonamides is 1. The number of rotatable bonds is 9. The summed E-state index contributed by atoms with van der Waals surface area (Å²) in [7, 11) is -3.75. The summed E-state index contributed by atoms with van der Waals surface area (Å²) in [4.78, 5) is 23.9. The molecule has 3 rings (SSSR count). The van der Waals surface area contributed by atoms with Crippen molar-refractivity contribution in [3.8, 4) is 5.75 Å². The van der Waals surface area contributed by atoms with Gasteiger partial charge in [-0.3, -0.25) is 4.79 Å². The SMILES string of the molecule is CCCCc1cc(=O)oc2cc(OCC(=O)NCc3ccc(S(N)(=O)=O)cc3)ccc12. The third kappa shape index (κ3) is 6.16. The molecule has 1 heterocycles. The molecule has 0 radical (unpaired) electrons. The number of nitrogens with one attached hydrogen (secondary N) is 1. The summed E-state index contributed by atoms with van der Waals surface area (Å²) in [6, 6.07) is 12.6. The molecule has 9 heteroatoms. The van der Waals surface area contributed by atoms with Gasteiger partial charge in [0, 0.05) is 24.1 Å². The van der Waals surface area contributed by atoms with Crippen LogP contribution in [0.5, 0.6) is 5.75 Å². The van der Waals surface area contributed by atoms with E-state index >= 15 is 0 Å². The number of carbonyl (C=O) groups is 1. The summed E-state index contributed by atoms with van der Waals surface area (Å²) in [6.45, 7) is 2.07. The Hall–Kier alpha value is -3.17. The lowest BCUT2D eigenvalue weighted by Crippen LogP contribution is -2.28. The van der Waals surface area contributed by atoms with E-state index < -0.39 is 15.6 Å². The van der Waals surface area contributed by atoms with Gasteiger partial charge in [0.25, 0.3) is 5.91 Å². The molecule has 0 aliphatic carbocycles. The zero-order valence-electron chi connectivity index (χ0n) is 17.1. The largest absolute Gasteiger partial charge is 0.484 e. The monoisotopic (exact) mass is 444 g/mol. The van der Waals surface area contributed by atoms with E-state index in [0.717, 1.165) is 30.2 Å². The molecule has 0 fully saturated rings. The number of fused-ring (bicyclic) bond motifs is 1. The van der Waals surface area contributed by atoms with Gasteiger partial charge in [0.15, 0.2) is 6.61 Å². The molecule has 164 valence electrons. The third-order valence-electron chi connectivity index (χ3n) is 4.71. The van der Waals surface area contributed by atoms with Crippen LogP contribution in [0.25, 0.3) is 11.0 Å². The predicted octanol–water partition coefficient (Wildman–Crippen LogP) is 2.48. The molecule has 0 aliphatic rings. The molecule has 3 N–H and O–H groups in total. The Labute approximate surface area is 180 Å². The van der Waals surface area contributed by atoms with E-state index in [-0.39, 0.29) is 24.0 Å². The number of sulfonamides is 1. The molecule has 0 atom stereocenters. The molecular formula is C22H24N2O6S. The van der Waals surface area contributed by atoms with Crippen molar-refractivity contribution >= 4 is 26.9 Å². The third-order valence-corrected chi connectivity index (χ3v) is 5.64. The molecule has 0 saturated carbocycles. The smallest absolute Gasteiger partial charge is 0.336 e. The number of ether oxygens (including phenoxy) is 1. The number of nitrogens with two attached hydrogens (primary N) is 1. The van der Waals surface area contributed by atoms with Crippen LogP contribution in [0.15, 0.2) is 62.6 Å². The van der Waals surface area contributed by atoms with E-state index in [1.165, 1.54) is 18.2 Å².